The molecule has 0 unspecified atom stereocenters. The van der Waals surface area contributed by atoms with Gasteiger partial charge in [-0.25, -0.2) is 0 Å². The highest BCUT2D eigenvalue weighted by Crippen LogP contribution is 2.39. The van der Waals surface area contributed by atoms with E-state index in [0.29, 0.717) is 6.42 Å². The molecule has 0 saturated carbocycles. The van der Waals surface area contributed by atoms with Gasteiger partial charge in [0.25, 0.3) is 0 Å². The normalized spacial score (nSPS) is 23.9. The molecule has 1 aliphatic carbocycles. The number of ketones is 1. The quantitative estimate of drug-likeness (QED) is 0.652. The van der Waals surface area contributed by atoms with Crippen molar-refractivity contribution in [3.8, 4) is 0 Å². The first-order chi connectivity index (χ1) is 6.47. The van der Waals surface area contributed by atoms with Gasteiger partial charge in [-0.15, -0.1) is 0 Å². The first-order valence-corrected chi connectivity index (χ1v) is 5.39. The molecule has 0 aliphatic heterocycles. The van der Waals surface area contributed by atoms with Crippen LogP contribution >= 0.6 is 0 Å². The summed E-state index contributed by atoms with van der Waals surface area (Å²) in [6.07, 6.45) is 7.00. The van der Waals surface area contributed by atoms with E-state index in [1.54, 1.807) is 6.08 Å². The zero-order valence-corrected chi connectivity index (χ0v) is 9.68. The second-order valence-electron chi connectivity index (χ2n) is 4.76. The molecule has 0 fully saturated rings. The third-order valence-corrected chi connectivity index (χ3v) is 2.78. The van der Waals surface area contributed by atoms with E-state index in [1.165, 1.54) is 12.0 Å². The van der Waals surface area contributed by atoms with Gasteiger partial charge in [-0.1, -0.05) is 33.3 Å². The summed E-state index contributed by atoms with van der Waals surface area (Å²) in [5.74, 6) is 0.265. The lowest BCUT2D eigenvalue weighted by molar-refractivity contribution is -0.116. The van der Waals surface area contributed by atoms with Crippen molar-refractivity contribution in [3.63, 3.8) is 0 Å². The van der Waals surface area contributed by atoms with Crippen LogP contribution in [0.15, 0.2) is 23.3 Å². The number of hydrogen-bond acceptors (Lipinski definition) is 1. The monoisotopic (exact) mass is 192 g/mol. The zero-order chi connectivity index (χ0) is 10.8. The van der Waals surface area contributed by atoms with Gasteiger partial charge < -0.3 is 0 Å². The van der Waals surface area contributed by atoms with Crippen molar-refractivity contribution < 1.29 is 4.79 Å². The minimum absolute atomic E-state index is 0.0328. The predicted molar refractivity (Wildman–Crippen MR) is 60.2 cm³/mol. The molecule has 14 heavy (non-hydrogen) atoms. The van der Waals surface area contributed by atoms with E-state index in [1.807, 2.05) is 6.92 Å². The van der Waals surface area contributed by atoms with Crippen LogP contribution < -0.4 is 0 Å². The Labute approximate surface area is 86.9 Å². The lowest BCUT2D eigenvalue weighted by Crippen LogP contribution is -2.24. The maximum absolute atomic E-state index is 11.4. The van der Waals surface area contributed by atoms with E-state index in [-0.39, 0.29) is 11.2 Å². The Morgan fingerprint density at radius 2 is 2.14 bits per heavy atom. The van der Waals surface area contributed by atoms with Crippen molar-refractivity contribution in [1.29, 1.82) is 0 Å². The van der Waals surface area contributed by atoms with E-state index < -0.39 is 0 Å². The zero-order valence-electron chi connectivity index (χ0n) is 9.68. The maximum atomic E-state index is 11.4. The number of allylic oxidation sites excluding steroid dienone is 4. The van der Waals surface area contributed by atoms with E-state index in [0.717, 1.165) is 12.0 Å². The number of hydrogen-bond donors (Lipinski definition) is 0. The van der Waals surface area contributed by atoms with Gasteiger partial charge in [-0.2, -0.15) is 0 Å². The van der Waals surface area contributed by atoms with Crippen molar-refractivity contribution in [3.05, 3.63) is 23.3 Å². The van der Waals surface area contributed by atoms with E-state index in [9.17, 15) is 4.79 Å². The van der Waals surface area contributed by atoms with E-state index >= 15 is 0 Å². The molecule has 0 aromatic heterocycles. The van der Waals surface area contributed by atoms with Crippen molar-refractivity contribution in [1.82, 2.24) is 0 Å². The van der Waals surface area contributed by atoms with Crippen molar-refractivity contribution in [2.45, 2.75) is 47.0 Å². The van der Waals surface area contributed by atoms with Gasteiger partial charge in [-0.3, -0.25) is 4.79 Å². The van der Waals surface area contributed by atoms with Gasteiger partial charge in [0.05, 0.1) is 0 Å². The van der Waals surface area contributed by atoms with E-state index in [2.05, 4.69) is 26.8 Å². The summed E-state index contributed by atoms with van der Waals surface area (Å²) >= 11 is 0. The summed E-state index contributed by atoms with van der Waals surface area (Å²) in [6, 6.07) is 0. The first-order valence-electron chi connectivity index (χ1n) is 5.39. The molecule has 1 heteroatoms. The van der Waals surface area contributed by atoms with Crippen LogP contribution in [0.5, 0.6) is 0 Å². The average molecular weight is 192 g/mol. The van der Waals surface area contributed by atoms with E-state index in [4.69, 9.17) is 0 Å². The first kappa shape index (κ1) is 11.2. The Morgan fingerprint density at radius 3 is 2.64 bits per heavy atom. The molecule has 0 aromatic carbocycles. The molecule has 0 spiro atoms. The number of carbonyl (C=O) groups excluding carboxylic acids is 1. The second kappa shape index (κ2) is 4.12. The van der Waals surface area contributed by atoms with Crippen LogP contribution in [-0.2, 0) is 4.79 Å². The molecule has 0 bridgehead atoms. The molecule has 0 N–H and O–H groups in total. The van der Waals surface area contributed by atoms with Gasteiger partial charge in [0.15, 0.2) is 5.78 Å². The third kappa shape index (κ3) is 2.34. The summed E-state index contributed by atoms with van der Waals surface area (Å²) < 4.78 is 0. The van der Waals surface area contributed by atoms with Crippen LogP contribution in [0.3, 0.4) is 0 Å². The van der Waals surface area contributed by atoms with Gasteiger partial charge >= 0.3 is 0 Å². The Bertz CT molecular complexity index is 292. The molecule has 0 aromatic rings. The van der Waals surface area contributed by atoms with Crippen molar-refractivity contribution in [2.24, 2.45) is 5.41 Å². The third-order valence-electron chi connectivity index (χ3n) is 2.78. The largest absolute Gasteiger partial charge is 0.295 e. The minimum atomic E-state index is 0.0328. The molecule has 78 valence electrons. The van der Waals surface area contributed by atoms with Gasteiger partial charge in [0.2, 0.25) is 0 Å². The van der Waals surface area contributed by atoms with Crippen LogP contribution in [0, 0.1) is 5.41 Å². The second-order valence-corrected chi connectivity index (χ2v) is 4.76. The highest BCUT2D eigenvalue weighted by molar-refractivity contribution is 5.93. The Balaban J connectivity index is 3.01. The molecular weight excluding hydrogens is 172 g/mol. The molecule has 1 aliphatic rings. The van der Waals surface area contributed by atoms with Gasteiger partial charge in [0, 0.05) is 6.42 Å². The molecule has 0 atom stereocenters. The van der Waals surface area contributed by atoms with Gasteiger partial charge in [0.1, 0.15) is 0 Å². The maximum Gasteiger partial charge on any atom is 0.156 e. The minimum Gasteiger partial charge on any atom is -0.295 e. The molecule has 1 nitrogen and oxygen atoms in total. The average Bonchev–Trinajstić information content (AvgIpc) is 2.00. The fourth-order valence-electron chi connectivity index (χ4n) is 2.16. The van der Waals surface area contributed by atoms with Crippen LogP contribution in [0.25, 0.3) is 0 Å². The summed E-state index contributed by atoms with van der Waals surface area (Å²) in [7, 11) is 0. The van der Waals surface area contributed by atoms with Crippen LogP contribution in [0.2, 0.25) is 0 Å². The number of unbranched alkanes of at least 4 members (excludes halogenated alkanes) is 1. The molecular formula is C13H20O. The van der Waals surface area contributed by atoms with Crippen LogP contribution in [-0.4, -0.2) is 5.78 Å². The number of carbonyl (C=O) groups is 1. The molecule has 0 radical (unpaired) electrons. The molecule has 1 rings (SSSR count). The standard InChI is InChI=1S/C13H20O/c1-5-6-7-12-10(2)8-11(14)9-13(12,3)4/h7-8H,5-6,9H2,1-4H3. The summed E-state index contributed by atoms with van der Waals surface area (Å²) in [5.41, 5.74) is 2.55. The summed E-state index contributed by atoms with van der Waals surface area (Å²) in [4.78, 5) is 11.4. The fraction of sp³-hybridized carbons (Fsp3) is 0.615. The van der Waals surface area contributed by atoms with Crippen molar-refractivity contribution >= 4 is 5.78 Å². The summed E-state index contributed by atoms with van der Waals surface area (Å²) in [6.45, 7) is 8.53. The van der Waals surface area contributed by atoms with Gasteiger partial charge in [-0.05, 0) is 36.0 Å². The highest BCUT2D eigenvalue weighted by atomic mass is 16.1. The lowest BCUT2D eigenvalue weighted by atomic mass is 9.72. The smallest absolute Gasteiger partial charge is 0.156 e. The SMILES string of the molecule is CCCC=C1C(C)=CC(=O)CC1(C)C. The van der Waals surface area contributed by atoms with Crippen LogP contribution in [0.1, 0.15) is 47.0 Å². The molecule has 0 heterocycles. The highest BCUT2D eigenvalue weighted by Gasteiger charge is 2.30. The topological polar surface area (TPSA) is 17.1 Å². The Kier molecular flexibility index (Phi) is 3.30. The fourth-order valence-corrected chi connectivity index (χ4v) is 2.16. The molecule has 0 amide bonds. The Morgan fingerprint density at radius 1 is 1.50 bits per heavy atom. The molecule has 0 saturated heterocycles. The summed E-state index contributed by atoms with van der Waals surface area (Å²) in [5, 5.41) is 0. The Hall–Kier alpha value is -0.850. The predicted octanol–water partition coefficient (Wildman–Crippen LogP) is 3.66. The lowest BCUT2D eigenvalue weighted by Gasteiger charge is -2.31. The van der Waals surface area contributed by atoms with Crippen LogP contribution in [0.4, 0.5) is 0 Å². The van der Waals surface area contributed by atoms with Crippen molar-refractivity contribution in [2.75, 3.05) is 0 Å². The number of rotatable bonds is 2.